The van der Waals surface area contributed by atoms with E-state index in [1.165, 1.54) is 7.11 Å². The third-order valence-electron chi connectivity index (χ3n) is 1.98. The molecule has 0 heterocycles. The van der Waals surface area contributed by atoms with Crippen LogP contribution in [0.4, 0.5) is 16.2 Å². The maximum atomic E-state index is 10.9. The van der Waals surface area contributed by atoms with Crippen molar-refractivity contribution < 1.29 is 9.53 Å². The predicted molar refractivity (Wildman–Crippen MR) is 79.0 cm³/mol. The quantitative estimate of drug-likeness (QED) is 0.450. The first kappa shape index (κ1) is 14.6. The topological polar surface area (TPSA) is 76.4 Å². The molecule has 0 fully saturated rings. The Kier molecular flexibility index (Phi) is 5.73. The molecule has 0 aliphatic carbocycles. The molecule has 1 aromatic rings. The third kappa shape index (κ3) is 4.42. The number of benzene rings is 1. The van der Waals surface area contributed by atoms with E-state index in [4.69, 9.17) is 18.0 Å². The molecule has 0 spiro atoms. The molecule has 7 heteroatoms. The maximum Gasteiger partial charge on any atom is 0.413 e. The lowest BCUT2D eigenvalue weighted by atomic mass is 10.3. The molecule has 1 rings (SSSR count). The van der Waals surface area contributed by atoms with Crippen molar-refractivity contribution in [2.75, 3.05) is 23.9 Å². The molecule has 5 nitrogen and oxygen atoms in total. The van der Waals surface area contributed by atoms with E-state index < -0.39 is 6.09 Å². The molecule has 0 saturated carbocycles. The lowest BCUT2D eigenvalue weighted by Crippen LogP contribution is -2.34. The van der Waals surface area contributed by atoms with Gasteiger partial charge in [0.15, 0.2) is 5.11 Å². The van der Waals surface area contributed by atoms with Crippen LogP contribution in [0.15, 0.2) is 23.1 Å². The first-order valence-corrected chi connectivity index (χ1v) is 6.64. The van der Waals surface area contributed by atoms with Crippen LogP contribution in [0.5, 0.6) is 0 Å². The Morgan fingerprint density at radius 1 is 1.56 bits per heavy atom. The molecular formula is C11H15N3O2S2. The molecule has 0 atom stereocenters. The van der Waals surface area contributed by atoms with Crippen molar-refractivity contribution in [1.29, 1.82) is 0 Å². The normalized spacial score (nSPS) is 9.67. The Morgan fingerprint density at radius 2 is 2.28 bits per heavy atom. The van der Waals surface area contributed by atoms with Gasteiger partial charge in [-0.1, -0.05) is 6.92 Å². The highest BCUT2D eigenvalue weighted by Crippen LogP contribution is 2.26. The van der Waals surface area contributed by atoms with Gasteiger partial charge in [-0.15, -0.1) is 11.8 Å². The minimum absolute atomic E-state index is 0.143. The fourth-order valence-corrected chi connectivity index (χ4v) is 2.11. The number of methoxy groups -OCH3 is 1. The average Bonchev–Trinajstić information content (AvgIpc) is 2.33. The van der Waals surface area contributed by atoms with Gasteiger partial charge >= 0.3 is 6.09 Å². The van der Waals surface area contributed by atoms with Crippen molar-refractivity contribution in [3.05, 3.63) is 18.2 Å². The van der Waals surface area contributed by atoms with Crippen molar-refractivity contribution >= 4 is 46.6 Å². The first-order chi connectivity index (χ1) is 8.56. The summed E-state index contributed by atoms with van der Waals surface area (Å²) in [6.07, 6.45) is -0.621. The van der Waals surface area contributed by atoms with Crippen LogP contribution in [0.3, 0.4) is 0 Å². The number of carbonyl (C=O) groups excluding carboxylic acids is 1. The Balaban J connectivity index is 2.67. The summed E-state index contributed by atoms with van der Waals surface area (Å²) in [5.74, 6) is 0.981. The molecule has 4 N–H and O–H groups in total. The number of rotatable bonds is 3. The van der Waals surface area contributed by atoms with Crippen molar-refractivity contribution in [3.63, 3.8) is 0 Å². The highest BCUT2D eigenvalue weighted by Gasteiger charge is 2.06. The van der Waals surface area contributed by atoms with Crippen molar-refractivity contribution in [3.8, 4) is 0 Å². The summed E-state index contributed by atoms with van der Waals surface area (Å²) in [6, 6.07) is 5.61. The van der Waals surface area contributed by atoms with E-state index in [2.05, 4.69) is 22.3 Å². The zero-order chi connectivity index (χ0) is 13.5. The van der Waals surface area contributed by atoms with Crippen molar-refractivity contribution in [1.82, 2.24) is 5.32 Å². The Hall–Kier alpha value is -1.47. The van der Waals surface area contributed by atoms with Gasteiger partial charge in [-0.3, -0.25) is 5.32 Å². The average molecular weight is 285 g/mol. The molecule has 1 amide bonds. The van der Waals surface area contributed by atoms with Gasteiger partial charge in [0.05, 0.1) is 18.5 Å². The number of hydrogen-bond acceptors (Lipinski definition) is 5. The minimum atomic E-state index is -0.621. The first-order valence-electron chi connectivity index (χ1n) is 5.25. The van der Waals surface area contributed by atoms with Gasteiger partial charge < -0.3 is 15.8 Å². The number of nitrogens with two attached hydrogens (primary N) is 1. The van der Waals surface area contributed by atoms with Gasteiger partial charge in [-0.05, 0) is 36.2 Å². The molecule has 1 aromatic carbocycles. The zero-order valence-electron chi connectivity index (χ0n) is 10.1. The summed E-state index contributed by atoms with van der Waals surface area (Å²) < 4.78 is 4.43. The van der Waals surface area contributed by atoms with E-state index in [0.717, 1.165) is 10.6 Å². The molecule has 0 aromatic heterocycles. The highest BCUT2D eigenvalue weighted by atomic mass is 32.2. The number of hydrogen-bond donors (Lipinski definition) is 3. The molecule has 0 bridgehead atoms. The Morgan fingerprint density at radius 3 is 2.83 bits per heavy atom. The number of nitrogens with one attached hydrogen (secondary N) is 2. The molecule has 98 valence electrons. The molecule has 0 radical (unpaired) electrons. The van der Waals surface area contributed by atoms with Crippen molar-refractivity contribution in [2.45, 2.75) is 11.8 Å². The van der Waals surface area contributed by atoms with Crippen LogP contribution >= 0.6 is 24.0 Å². The summed E-state index contributed by atoms with van der Waals surface area (Å²) in [5.41, 5.74) is 7.11. The number of amides is 1. The fourth-order valence-electron chi connectivity index (χ4n) is 1.21. The molecular weight excluding hydrogens is 270 g/mol. The highest BCUT2D eigenvalue weighted by molar-refractivity contribution is 7.99. The summed E-state index contributed by atoms with van der Waals surface area (Å²) in [5, 5.41) is 5.32. The molecule has 0 saturated heterocycles. The molecule has 0 unspecified atom stereocenters. The third-order valence-corrected chi connectivity index (χ3v) is 3.06. The fraction of sp³-hybridized carbons (Fsp3) is 0.273. The second-order valence-electron chi connectivity index (χ2n) is 3.25. The number of thiocarbonyl (C=S) groups is 1. The molecule has 0 aliphatic rings. The van der Waals surface area contributed by atoms with E-state index >= 15 is 0 Å². The van der Waals surface area contributed by atoms with E-state index in [1.807, 2.05) is 18.2 Å². The van der Waals surface area contributed by atoms with E-state index in [9.17, 15) is 4.79 Å². The predicted octanol–water partition coefficient (Wildman–Crippen LogP) is 2.43. The van der Waals surface area contributed by atoms with Gasteiger partial charge in [-0.2, -0.15) is 0 Å². The minimum Gasteiger partial charge on any atom is -0.453 e. The van der Waals surface area contributed by atoms with Crippen LogP contribution < -0.4 is 16.4 Å². The summed E-state index contributed by atoms with van der Waals surface area (Å²) in [7, 11) is 1.27. The van der Waals surface area contributed by atoms with E-state index in [0.29, 0.717) is 11.4 Å². The summed E-state index contributed by atoms with van der Waals surface area (Å²) in [6.45, 7) is 2.07. The lowest BCUT2D eigenvalue weighted by molar-refractivity contribution is 0.177. The van der Waals surface area contributed by atoms with Crippen LogP contribution in [-0.2, 0) is 4.74 Å². The molecule has 18 heavy (non-hydrogen) atoms. The van der Waals surface area contributed by atoms with E-state index in [1.54, 1.807) is 11.8 Å². The van der Waals surface area contributed by atoms with E-state index in [-0.39, 0.29) is 5.11 Å². The van der Waals surface area contributed by atoms with Gasteiger partial charge in [0, 0.05) is 4.90 Å². The number of alkyl carbamates (subject to hydrolysis) is 1. The number of carbonyl (C=O) groups is 1. The monoisotopic (exact) mass is 285 g/mol. The van der Waals surface area contributed by atoms with Crippen LogP contribution in [-0.4, -0.2) is 24.1 Å². The number of anilines is 2. The number of nitrogen functional groups attached to an aromatic ring is 1. The van der Waals surface area contributed by atoms with Crippen LogP contribution in [0.1, 0.15) is 6.92 Å². The SMILES string of the molecule is CCSc1ccc(NC(=S)NC(=O)OC)c(N)c1. The molecule has 0 aliphatic heterocycles. The Labute approximate surface area is 115 Å². The summed E-state index contributed by atoms with van der Waals surface area (Å²) in [4.78, 5) is 12.0. The number of thioether (sulfide) groups is 1. The Bertz CT molecular complexity index is 452. The van der Waals surface area contributed by atoms with Gasteiger partial charge in [0.1, 0.15) is 0 Å². The maximum absolute atomic E-state index is 10.9. The van der Waals surface area contributed by atoms with Crippen LogP contribution in [0.25, 0.3) is 0 Å². The zero-order valence-corrected chi connectivity index (χ0v) is 11.8. The smallest absolute Gasteiger partial charge is 0.413 e. The van der Waals surface area contributed by atoms with Crippen LogP contribution in [0, 0.1) is 0 Å². The number of ether oxygens (including phenoxy) is 1. The standard InChI is InChI=1S/C11H15N3O2S2/c1-3-18-7-4-5-9(8(12)6-7)13-10(17)14-11(15)16-2/h4-6H,3,12H2,1-2H3,(H2,13,14,15,17). The lowest BCUT2D eigenvalue weighted by Gasteiger charge is -2.11. The van der Waals surface area contributed by atoms with Crippen molar-refractivity contribution in [2.24, 2.45) is 0 Å². The second-order valence-corrected chi connectivity index (χ2v) is 5.00. The van der Waals surface area contributed by atoms with Gasteiger partial charge in [-0.25, -0.2) is 4.79 Å². The van der Waals surface area contributed by atoms with Gasteiger partial charge in [0.2, 0.25) is 0 Å². The van der Waals surface area contributed by atoms with Gasteiger partial charge in [0.25, 0.3) is 0 Å². The largest absolute Gasteiger partial charge is 0.453 e. The van der Waals surface area contributed by atoms with Crippen LogP contribution in [0.2, 0.25) is 0 Å². The second kappa shape index (κ2) is 7.07. The summed E-state index contributed by atoms with van der Waals surface area (Å²) >= 11 is 6.64.